The quantitative estimate of drug-likeness (QED) is 0.363. The maximum Gasteiger partial charge on any atom is 0.343 e. The molecule has 0 fully saturated rings. The predicted octanol–water partition coefficient (Wildman–Crippen LogP) is 6.56. The molecule has 0 N–H and O–H groups in total. The molecule has 0 radical (unpaired) electrons. The number of hydrogen-bond acceptors (Lipinski definition) is 4. The second kappa shape index (κ2) is 10.3. The van der Waals surface area contributed by atoms with Gasteiger partial charge >= 0.3 is 11.9 Å². The van der Waals surface area contributed by atoms with Crippen LogP contribution < -0.4 is 4.74 Å². The number of benzene rings is 2. The van der Waals surface area contributed by atoms with E-state index in [1.165, 1.54) is 5.56 Å². The molecule has 0 aliphatic heterocycles. The van der Waals surface area contributed by atoms with Crippen LogP contribution in [0.4, 0.5) is 0 Å². The van der Waals surface area contributed by atoms with E-state index in [1.54, 1.807) is 19.1 Å². The lowest BCUT2D eigenvalue weighted by Crippen LogP contribution is -2.22. The van der Waals surface area contributed by atoms with Crippen molar-refractivity contribution in [1.82, 2.24) is 0 Å². The molecule has 0 aromatic heterocycles. The smallest absolute Gasteiger partial charge is 0.343 e. The molecule has 0 aliphatic rings. The van der Waals surface area contributed by atoms with E-state index < -0.39 is 5.97 Å². The molecule has 0 saturated carbocycles. The monoisotopic (exact) mass is 438 g/mol. The summed E-state index contributed by atoms with van der Waals surface area (Å²) in [6.07, 6.45) is 2.08. The SMILES string of the molecule is CCCc1ccc(C(=O)Oc2c(CC(=O)OCC)cc(C(C)(C)C)cc2C(C)(C)C)cc1. The normalized spacial score (nSPS) is 11.9. The van der Waals surface area contributed by atoms with Gasteiger partial charge in [0.25, 0.3) is 0 Å². The van der Waals surface area contributed by atoms with Crippen LogP contribution in [0.3, 0.4) is 0 Å². The Morgan fingerprint density at radius 1 is 0.875 bits per heavy atom. The number of hydrogen-bond donors (Lipinski definition) is 0. The van der Waals surface area contributed by atoms with Gasteiger partial charge in [0.05, 0.1) is 18.6 Å². The van der Waals surface area contributed by atoms with Gasteiger partial charge in [-0.05, 0) is 47.4 Å². The summed E-state index contributed by atoms with van der Waals surface area (Å²) in [5, 5.41) is 0. The molecule has 0 aliphatic carbocycles. The third-order valence-corrected chi connectivity index (χ3v) is 5.40. The van der Waals surface area contributed by atoms with Crippen LogP contribution >= 0.6 is 0 Å². The lowest BCUT2D eigenvalue weighted by molar-refractivity contribution is -0.142. The van der Waals surface area contributed by atoms with Crippen LogP contribution in [-0.4, -0.2) is 18.5 Å². The van der Waals surface area contributed by atoms with E-state index in [-0.39, 0.29) is 23.2 Å². The minimum Gasteiger partial charge on any atom is -0.466 e. The topological polar surface area (TPSA) is 52.6 Å². The van der Waals surface area contributed by atoms with Gasteiger partial charge in [-0.3, -0.25) is 4.79 Å². The standard InChI is InChI=1S/C28H38O4/c1-9-11-19-12-14-20(15-13-19)26(30)32-25-21(17-24(29)31-10-2)16-22(27(3,4)5)18-23(25)28(6,7)8/h12-16,18H,9-11,17H2,1-8H3. The van der Waals surface area contributed by atoms with Gasteiger partial charge in [-0.15, -0.1) is 0 Å². The molecule has 0 amide bonds. The van der Waals surface area contributed by atoms with E-state index in [9.17, 15) is 9.59 Å². The molecule has 0 saturated heterocycles. The summed E-state index contributed by atoms with van der Waals surface area (Å²) in [6, 6.07) is 11.6. The summed E-state index contributed by atoms with van der Waals surface area (Å²) in [5.41, 5.74) is 3.94. The number of rotatable bonds is 7. The minimum absolute atomic E-state index is 0.0545. The molecule has 0 spiro atoms. The van der Waals surface area contributed by atoms with Crippen molar-refractivity contribution in [3.05, 3.63) is 64.2 Å². The van der Waals surface area contributed by atoms with Gasteiger partial charge in [0.15, 0.2) is 0 Å². The van der Waals surface area contributed by atoms with Crippen LogP contribution in [0.25, 0.3) is 0 Å². The van der Waals surface area contributed by atoms with Gasteiger partial charge in [-0.2, -0.15) is 0 Å². The number of carbonyl (C=O) groups is 2. The van der Waals surface area contributed by atoms with Crippen molar-refractivity contribution >= 4 is 11.9 Å². The predicted molar refractivity (Wildman–Crippen MR) is 130 cm³/mol. The minimum atomic E-state index is -0.424. The molecule has 174 valence electrons. The highest BCUT2D eigenvalue weighted by Gasteiger charge is 2.28. The Balaban J connectivity index is 2.56. The van der Waals surface area contributed by atoms with Gasteiger partial charge in [-0.25, -0.2) is 4.79 Å². The van der Waals surface area contributed by atoms with E-state index in [2.05, 4.69) is 54.5 Å². The Morgan fingerprint density at radius 2 is 1.50 bits per heavy atom. The van der Waals surface area contributed by atoms with Gasteiger partial charge in [0.2, 0.25) is 0 Å². The van der Waals surface area contributed by atoms with Gasteiger partial charge < -0.3 is 9.47 Å². The van der Waals surface area contributed by atoms with E-state index in [4.69, 9.17) is 9.47 Å². The summed E-state index contributed by atoms with van der Waals surface area (Å²) < 4.78 is 11.2. The molecule has 0 unspecified atom stereocenters. The van der Waals surface area contributed by atoms with Crippen molar-refractivity contribution in [2.45, 2.75) is 85.5 Å². The average Bonchev–Trinajstić information content (AvgIpc) is 2.68. The highest BCUT2D eigenvalue weighted by atomic mass is 16.5. The maximum absolute atomic E-state index is 13.1. The number of esters is 2. The second-order valence-electron chi connectivity index (χ2n) is 10.3. The van der Waals surface area contributed by atoms with Crippen molar-refractivity contribution in [2.24, 2.45) is 0 Å². The van der Waals surface area contributed by atoms with Crippen molar-refractivity contribution in [2.75, 3.05) is 6.61 Å². The number of aryl methyl sites for hydroxylation is 1. The van der Waals surface area contributed by atoms with Gasteiger partial charge in [-0.1, -0.05) is 79.2 Å². The Kier molecular flexibility index (Phi) is 8.28. The van der Waals surface area contributed by atoms with Crippen LogP contribution in [0.5, 0.6) is 5.75 Å². The molecular weight excluding hydrogens is 400 g/mol. The molecule has 0 bridgehead atoms. The molecule has 2 aromatic rings. The van der Waals surface area contributed by atoms with Crippen molar-refractivity contribution in [3.8, 4) is 5.75 Å². The Bertz CT molecular complexity index is 941. The summed E-state index contributed by atoms with van der Waals surface area (Å²) >= 11 is 0. The Morgan fingerprint density at radius 3 is 2.00 bits per heavy atom. The highest BCUT2D eigenvalue weighted by molar-refractivity contribution is 5.91. The summed E-state index contributed by atoms with van der Waals surface area (Å²) in [4.78, 5) is 25.4. The van der Waals surface area contributed by atoms with Gasteiger partial charge in [0.1, 0.15) is 5.75 Å². The van der Waals surface area contributed by atoms with Crippen molar-refractivity contribution < 1.29 is 19.1 Å². The molecular formula is C28H38O4. The lowest BCUT2D eigenvalue weighted by atomic mass is 9.78. The maximum atomic E-state index is 13.1. The lowest BCUT2D eigenvalue weighted by Gasteiger charge is -2.29. The average molecular weight is 439 g/mol. The molecule has 0 heterocycles. The molecule has 2 rings (SSSR count). The van der Waals surface area contributed by atoms with Crippen LogP contribution in [0.1, 0.15) is 94.4 Å². The third kappa shape index (κ3) is 6.69. The van der Waals surface area contributed by atoms with Crippen LogP contribution in [-0.2, 0) is 33.2 Å². The fraction of sp³-hybridized carbons (Fsp3) is 0.500. The van der Waals surface area contributed by atoms with E-state index in [1.807, 2.05) is 18.2 Å². The zero-order chi connectivity index (χ0) is 24.1. The number of carbonyl (C=O) groups excluding carboxylic acids is 2. The highest BCUT2D eigenvalue weighted by Crippen LogP contribution is 2.39. The largest absolute Gasteiger partial charge is 0.466 e. The fourth-order valence-corrected chi connectivity index (χ4v) is 3.55. The molecule has 4 nitrogen and oxygen atoms in total. The van der Waals surface area contributed by atoms with E-state index in [0.29, 0.717) is 23.5 Å². The number of ether oxygens (including phenoxy) is 2. The molecule has 2 aromatic carbocycles. The van der Waals surface area contributed by atoms with Crippen molar-refractivity contribution in [3.63, 3.8) is 0 Å². The first kappa shape index (κ1) is 25.6. The van der Waals surface area contributed by atoms with E-state index in [0.717, 1.165) is 24.0 Å². The Labute approximate surface area is 193 Å². The van der Waals surface area contributed by atoms with Crippen LogP contribution in [0.2, 0.25) is 0 Å². The van der Waals surface area contributed by atoms with Crippen LogP contribution in [0, 0.1) is 0 Å². The first-order valence-electron chi connectivity index (χ1n) is 11.5. The first-order chi connectivity index (χ1) is 14.9. The molecule has 4 heteroatoms. The third-order valence-electron chi connectivity index (χ3n) is 5.40. The molecule has 0 atom stereocenters. The van der Waals surface area contributed by atoms with E-state index >= 15 is 0 Å². The zero-order valence-corrected chi connectivity index (χ0v) is 20.9. The summed E-state index contributed by atoms with van der Waals surface area (Å²) in [7, 11) is 0. The summed E-state index contributed by atoms with van der Waals surface area (Å²) in [6.45, 7) is 16.9. The summed E-state index contributed by atoms with van der Waals surface area (Å²) in [5.74, 6) is -0.298. The zero-order valence-electron chi connectivity index (χ0n) is 20.9. The first-order valence-corrected chi connectivity index (χ1v) is 11.5. The Hall–Kier alpha value is -2.62. The van der Waals surface area contributed by atoms with Gasteiger partial charge in [0, 0.05) is 11.1 Å². The second-order valence-corrected chi connectivity index (χ2v) is 10.3. The fourth-order valence-electron chi connectivity index (χ4n) is 3.55. The van der Waals surface area contributed by atoms with Crippen LogP contribution in [0.15, 0.2) is 36.4 Å². The molecule has 32 heavy (non-hydrogen) atoms. The van der Waals surface area contributed by atoms with Crippen molar-refractivity contribution in [1.29, 1.82) is 0 Å².